The van der Waals surface area contributed by atoms with Gasteiger partial charge in [-0.25, -0.2) is 4.79 Å². The number of amides is 2. The van der Waals surface area contributed by atoms with Crippen LogP contribution in [0.4, 0.5) is 0 Å². The van der Waals surface area contributed by atoms with Gasteiger partial charge in [0.1, 0.15) is 28.6 Å². The molecule has 1 saturated heterocycles. The van der Waals surface area contributed by atoms with Crippen molar-refractivity contribution in [3.63, 3.8) is 0 Å². The maximum atomic E-state index is 13.7. The second-order valence-corrected chi connectivity index (χ2v) is 14.4. The number of likely N-dealkylation sites (tertiary alicyclic amines) is 1. The van der Waals surface area contributed by atoms with Gasteiger partial charge in [-0.15, -0.1) is 0 Å². The summed E-state index contributed by atoms with van der Waals surface area (Å²) in [6, 6.07) is 13.4. The third-order valence-electron chi connectivity index (χ3n) is 10.6. The lowest BCUT2D eigenvalue weighted by Gasteiger charge is -2.42. The Labute approximate surface area is 308 Å². The van der Waals surface area contributed by atoms with Crippen molar-refractivity contribution in [2.75, 3.05) is 26.7 Å². The average molecular weight is 726 g/mol. The zero-order valence-corrected chi connectivity index (χ0v) is 30.2. The largest absolute Gasteiger partial charge is 0.507 e. The number of methoxy groups -OCH3 is 1. The minimum absolute atomic E-state index is 0.0297. The molecule has 0 radical (unpaired) electrons. The number of ketones is 1. The van der Waals surface area contributed by atoms with E-state index in [0.717, 1.165) is 12.1 Å². The fourth-order valence-corrected chi connectivity index (χ4v) is 7.89. The minimum atomic E-state index is -0.932. The number of piperidine rings is 1. The van der Waals surface area contributed by atoms with Crippen LogP contribution in [0.3, 0.4) is 0 Å². The highest BCUT2D eigenvalue weighted by Crippen LogP contribution is 2.44. The molecule has 3 N–H and O–H groups in total. The summed E-state index contributed by atoms with van der Waals surface area (Å²) in [6.45, 7) is 2.95. The van der Waals surface area contributed by atoms with Crippen molar-refractivity contribution in [1.82, 2.24) is 14.8 Å². The average Bonchev–Trinajstić information content (AvgIpc) is 3.13. The number of cyclic esters (lactones) is 1. The molecule has 4 heterocycles. The monoisotopic (exact) mass is 725 g/mol. The number of allylic oxidation sites excluding steroid dienone is 1. The van der Waals surface area contributed by atoms with Crippen LogP contribution < -0.4 is 15.6 Å². The summed E-state index contributed by atoms with van der Waals surface area (Å²) in [5.41, 5.74) is 1.51. The maximum absolute atomic E-state index is 13.7. The number of phenols is 2. The van der Waals surface area contributed by atoms with Crippen LogP contribution in [0.1, 0.15) is 103 Å². The number of benzene rings is 2. The first-order valence-electron chi connectivity index (χ1n) is 18.4. The number of esters is 1. The predicted molar refractivity (Wildman–Crippen MR) is 197 cm³/mol. The molecule has 3 aliphatic rings. The smallest absolute Gasteiger partial charge is 0.342 e. The second kappa shape index (κ2) is 16.5. The summed E-state index contributed by atoms with van der Waals surface area (Å²) in [5.74, 6) is -2.42. The molecule has 12 nitrogen and oxygen atoms in total. The van der Waals surface area contributed by atoms with E-state index >= 15 is 0 Å². The zero-order valence-electron chi connectivity index (χ0n) is 30.2. The summed E-state index contributed by atoms with van der Waals surface area (Å²) >= 11 is 0. The van der Waals surface area contributed by atoms with Crippen molar-refractivity contribution >= 4 is 29.6 Å². The van der Waals surface area contributed by atoms with Crippen LogP contribution in [0.25, 0.3) is 6.08 Å². The van der Waals surface area contributed by atoms with Gasteiger partial charge in [-0.1, -0.05) is 30.4 Å². The van der Waals surface area contributed by atoms with Crippen molar-refractivity contribution in [3.05, 3.63) is 92.9 Å². The first-order valence-corrected chi connectivity index (χ1v) is 18.4. The lowest BCUT2D eigenvalue weighted by atomic mass is 9.83. The molecule has 2 bridgehead atoms. The standard InChI is InChI=1S/C41H47N3O9/c1-25-8-6-11-30(45)10-5-3-4-9-28-19-34(46)39(40(50)38(28)41(51)53-25)32(27-14-16-31(52-2)17-15-27)20-35(47)42-21-37(49)43-22-26-18-29(24-43)33-12-7-13-36(48)44(33)23-26/h4,7,9,12-17,19,25-26,29,32,46,50H,3,5-6,8,10-11,18,20-24H2,1-2H3,(H,42,47). The van der Waals surface area contributed by atoms with E-state index in [0.29, 0.717) is 69.5 Å². The van der Waals surface area contributed by atoms with E-state index in [1.807, 2.05) is 6.07 Å². The van der Waals surface area contributed by atoms with Gasteiger partial charge >= 0.3 is 5.97 Å². The summed E-state index contributed by atoms with van der Waals surface area (Å²) in [4.78, 5) is 67.1. The fourth-order valence-electron chi connectivity index (χ4n) is 7.89. The quantitative estimate of drug-likeness (QED) is 0.283. The molecule has 3 aromatic rings. The molecule has 280 valence electrons. The van der Waals surface area contributed by atoms with Gasteiger partial charge in [0.05, 0.1) is 19.8 Å². The fraction of sp³-hybridized carbons (Fsp3) is 0.439. The molecule has 2 amide bonds. The number of carbonyl (C=O) groups excluding carboxylic acids is 4. The Bertz CT molecular complexity index is 1950. The first-order chi connectivity index (χ1) is 25.5. The van der Waals surface area contributed by atoms with Crippen LogP contribution in [-0.4, -0.2) is 76.1 Å². The molecule has 4 atom stereocenters. The van der Waals surface area contributed by atoms with Crippen molar-refractivity contribution in [2.24, 2.45) is 5.92 Å². The third kappa shape index (κ3) is 8.64. The lowest BCUT2D eigenvalue weighted by Crippen LogP contribution is -2.51. The van der Waals surface area contributed by atoms with E-state index in [2.05, 4.69) is 5.32 Å². The highest BCUT2D eigenvalue weighted by atomic mass is 16.5. The number of ether oxygens (including phenoxy) is 2. The number of hydrogen-bond donors (Lipinski definition) is 3. The van der Waals surface area contributed by atoms with Crippen LogP contribution >= 0.6 is 0 Å². The van der Waals surface area contributed by atoms with Crippen molar-refractivity contribution in [2.45, 2.75) is 82.8 Å². The Morgan fingerprint density at radius 1 is 1.02 bits per heavy atom. The minimum Gasteiger partial charge on any atom is -0.507 e. The number of rotatable bonds is 7. The van der Waals surface area contributed by atoms with E-state index in [4.69, 9.17) is 9.47 Å². The van der Waals surface area contributed by atoms with Gasteiger partial charge in [0, 0.05) is 68.1 Å². The summed E-state index contributed by atoms with van der Waals surface area (Å²) < 4.78 is 12.8. The molecule has 4 unspecified atom stereocenters. The molecule has 3 aliphatic heterocycles. The number of hydrogen-bond acceptors (Lipinski definition) is 9. The molecule has 6 rings (SSSR count). The number of Topliss-reactive ketones (excluding diaryl/α,β-unsaturated/α-hetero) is 1. The highest BCUT2D eigenvalue weighted by molar-refractivity contribution is 5.98. The van der Waals surface area contributed by atoms with Gasteiger partial charge in [0.15, 0.2) is 0 Å². The van der Waals surface area contributed by atoms with Gasteiger partial charge in [-0.3, -0.25) is 19.2 Å². The molecule has 1 aromatic heterocycles. The van der Waals surface area contributed by atoms with E-state index in [9.17, 15) is 34.2 Å². The molecule has 0 spiro atoms. The maximum Gasteiger partial charge on any atom is 0.342 e. The second-order valence-electron chi connectivity index (χ2n) is 14.4. The van der Waals surface area contributed by atoms with E-state index in [-0.39, 0.29) is 64.5 Å². The highest BCUT2D eigenvalue weighted by Gasteiger charge is 2.36. The number of aromatic hydroxyl groups is 2. The normalized spacial score (nSPS) is 21.0. The van der Waals surface area contributed by atoms with Crippen molar-refractivity contribution < 1.29 is 38.9 Å². The predicted octanol–water partition coefficient (Wildman–Crippen LogP) is 5.03. The van der Waals surface area contributed by atoms with Crippen LogP contribution in [0, 0.1) is 5.92 Å². The number of carbonyl (C=O) groups is 4. The van der Waals surface area contributed by atoms with E-state index in [1.165, 1.54) is 13.2 Å². The first kappa shape index (κ1) is 37.4. The molecular weight excluding hydrogens is 678 g/mol. The van der Waals surface area contributed by atoms with Gasteiger partial charge in [-0.2, -0.15) is 0 Å². The molecular formula is C41H47N3O9. The van der Waals surface area contributed by atoms with Gasteiger partial charge < -0.3 is 34.5 Å². The molecule has 2 aromatic carbocycles. The van der Waals surface area contributed by atoms with E-state index < -0.39 is 29.6 Å². The van der Waals surface area contributed by atoms with Crippen molar-refractivity contribution in [3.8, 4) is 17.2 Å². The number of pyridine rings is 1. The van der Waals surface area contributed by atoms with Gasteiger partial charge in [0.25, 0.3) is 5.56 Å². The van der Waals surface area contributed by atoms with Crippen LogP contribution in [0.5, 0.6) is 17.2 Å². The number of nitrogens with zero attached hydrogens (tertiary/aromatic N) is 2. The van der Waals surface area contributed by atoms with E-state index in [1.54, 1.807) is 64.9 Å². The van der Waals surface area contributed by atoms with Gasteiger partial charge in [0.2, 0.25) is 11.8 Å². The molecule has 0 saturated carbocycles. The Morgan fingerprint density at radius 2 is 1.79 bits per heavy atom. The Hall–Kier alpha value is -5.39. The summed E-state index contributed by atoms with van der Waals surface area (Å²) in [7, 11) is 1.52. The molecule has 12 heteroatoms. The Balaban J connectivity index is 1.25. The lowest BCUT2D eigenvalue weighted by molar-refractivity contribution is -0.135. The summed E-state index contributed by atoms with van der Waals surface area (Å²) in [5, 5.41) is 26.0. The molecule has 0 aliphatic carbocycles. The Kier molecular flexibility index (Phi) is 11.6. The SMILES string of the molecule is COc1ccc(C(CC(=O)NCC(=O)N2CC3CC(C2)c2cccc(=O)n2C3)c2c(O)cc3c(c2O)C(=O)OC(C)CCCC(=O)CCCC=C3)cc1. The zero-order chi connectivity index (χ0) is 37.6. The summed E-state index contributed by atoms with van der Waals surface area (Å²) in [6.07, 6.45) is 6.54. The van der Waals surface area contributed by atoms with Crippen LogP contribution in [0.2, 0.25) is 0 Å². The topological polar surface area (TPSA) is 164 Å². The molecule has 1 fully saturated rings. The number of aromatic nitrogens is 1. The van der Waals surface area contributed by atoms with Crippen LogP contribution in [-0.2, 0) is 25.7 Å². The molecule has 53 heavy (non-hydrogen) atoms. The third-order valence-corrected chi connectivity index (χ3v) is 10.6. The van der Waals surface area contributed by atoms with Crippen LogP contribution in [0.15, 0.2) is 59.4 Å². The Morgan fingerprint density at radius 3 is 2.57 bits per heavy atom. The number of nitrogens with one attached hydrogen (secondary N) is 1. The van der Waals surface area contributed by atoms with Gasteiger partial charge in [-0.05, 0) is 80.3 Å². The number of phenolic OH excluding ortho intramolecular Hbond substituents is 2. The number of fused-ring (bicyclic) bond motifs is 5. The van der Waals surface area contributed by atoms with Crippen molar-refractivity contribution in [1.29, 1.82) is 0 Å².